The lowest BCUT2D eigenvalue weighted by molar-refractivity contribution is 0.0977. The second kappa shape index (κ2) is 6.16. The van der Waals surface area contributed by atoms with Crippen LogP contribution in [0.15, 0.2) is 48.5 Å². The lowest BCUT2D eigenvalue weighted by atomic mass is 10.1. The van der Waals surface area contributed by atoms with Gasteiger partial charge in [0.15, 0.2) is 5.11 Å². The minimum Gasteiger partial charge on any atom is -0.508 e. The number of carbonyl (C=O) groups is 1. The van der Waals surface area contributed by atoms with Gasteiger partial charge in [0, 0.05) is 11.3 Å². The highest BCUT2D eigenvalue weighted by Gasteiger charge is 2.07. The van der Waals surface area contributed by atoms with E-state index in [1.54, 1.807) is 24.3 Å². The number of phenols is 1. The Morgan fingerprint density at radius 1 is 1.05 bits per heavy atom. The fourth-order valence-electron chi connectivity index (χ4n) is 1.59. The van der Waals surface area contributed by atoms with Crippen molar-refractivity contribution >= 4 is 28.9 Å². The monoisotopic (exact) mass is 286 g/mol. The lowest BCUT2D eigenvalue weighted by Crippen LogP contribution is -2.34. The van der Waals surface area contributed by atoms with E-state index < -0.39 is 0 Å². The average molecular weight is 286 g/mol. The molecule has 0 saturated carbocycles. The fraction of sp³-hybridized carbons (Fsp3) is 0.0667. The molecular formula is C15H14N2O2S. The zero-order valence-corrected chi connectivity index (χ0v) is 11.7. The third-order valence-electron chi connectivity index (χ3n) is 2.67. The van der Waals surface area contributed by atoms with Crippen LogP contribution in [0.2, 0.25) is 0 Å². The number of hydrogen-bond donors (Lipinski definition) is 3. The lowest BCUT2D eigenvalue weighted by Gasteiger charge is -2.09. The van der Waals surface area contributed by atoms with Crippen LogP contribution in [0, 0.1) is 6.92 Å². The Morgan fingerprint density at radius 3 is 2.25 bits per heavy atom. The van der Waals surface area contributed by atoms with Crippen LogP contribution in [-0.2, 0) is 0 Å². The average Bonchev–Trinajstić information content (AvgIpc) is 2.42. The second-order valence-corrected chi connectivity index (χ2v) is 4.73. The minimum absolute atomic E-state index is 0.171. The number of phenolic OH excluding ortho intramolecular Hbond substituents is 1. The number of carbonyl (C=O) groups excluding carboxylic acids is 1. The second-order valence-electron chi connectivity index (χ2n) is 4.32. The molecule has 0 fully saturated rings. The molecule has 0 heterocycles. The van der Waals surface area contributed by atoms with Crippen LogP contribution >= 0.6 is 12.2 Å². The zero-order valence-electron chi connectivity index (χ0n) is 10.9. The van der Waals surface area contributed by atoms with Crippen molar-refractivity contribution in [3.05, 3.63) is 59.7 Å². The molecule has 2 aromatic carbocycles. The van der Waals surface area contributed by atoms with Gasteiger partial charge in [-0.25, -0.2) is 0 Å². The first-order valence-corrected chi connectivity index (χ1v) is 6.43. The molecule has 0 spiro atoms. The number of hydrogen-bond acceptors (Lipinski definition) is 3. The maximum atomic E-state index is 11.9. The molecule has 2 aromatic rings. The van der Waals surface area contributed by atoms with Gasteiger partial charge in [0.2, 0.25) is 0 Å². The Bertz CT molecular complexity index is 621. The molecule has 20 heavy (non-hydrogen) atoms. The number of thiocarbonyl (C=S) groups is 1. The molecule has 3 N–H and O–H groups in total. The highest BCUT2D eigenvalue weighted by atomic mass is 32.1. The van der Waals surface area contributed by atoms with E-state index >= 15 is 0 Å². The molecule has 0 atom stereocenters. The van der Waals surface area contributed by atoms with Crippen molar-refractivity contribution in [1.29, 1.82) is 0 Å². The fourth-order valence-corrected chi connectivity index (χ4v) is 1.80. The number of nitrogens with one attached hydrogen (secondary N) is 2. The Hall–Kier alpha value is -2.40. The molecule has 0 aliphatic heterocycles. The SMILES string of the molecule is Cc1ccc(C(=O)NC(=S)Nc2ccc(O)cc2)cc1. The van der Waals surface area contributed by atoms with Crippen molar-refractivity contribution in [2.45, 2.75) is 6.92 Å². The van der Waals surface area contributed by atoms with Crippen LogP contribution in [0.5, 0.6) is 5.75 Å². The number of aromatic hydroxyl groups is 1. The molecule has 0 radical (unpaired) electrons. The van der Waals surface area contributed by atoms with E-state index in [0.29, 0.717) is 11.3 Å². The van der Waals surface area contributed by atoms with Gasteiger partial charge in [0.25, 0.3) is 5.91 Å². The molecule has 0 aromatic heterocycles. The number of rotatable bonds is 2. The molecule has 5 heteroatoms. The van der Waals surface area contributed by atoms with Crippen LogP contribution in [0.3, 0.4) is 0 Å². The van der Waals surface area contributed by atoms with Gasteiger partial charge < -0.3 is 10.4 Å². The van der Waals surface area contributed by atoms with Crippen molar-refractivity contribution in [2.24, 2.45) is 0 Å². The molecule has 102 valence electrons. The van der Waals surface area contributed by atoms with Crippen molar-refractivity contribution in [1.82, 2.24) is 5.32 Å². The first-order chi connectivity index (χ1) is 9.54. The first-order valence-electron chi connectivity index (χ1n) is 6.02. The van der Waals surface area contributed by atoms with E-state index in [0.717, 1.165) is 5.56 Å². The van der Waals surface area contributed by atoms with E-state index in [9.17, 15) is 9.90 Å². The highest BCUT2D eigenvalue weighted by Crippen LogP contribution is 2.13. The van der Waals surface area contributed by atoms with Crippen LogP contribution < -0.4 is 10.6 Å². The molecule has 4 nitrogen and oxygen atoms in total. The summed E-state index contributed by atoms with van der Waals surface area (Å²) < 4.78 is 0. The molecule has 2 rings (SSSR count). The summed E-state index contributed by atoms with van der Waals surface area (Å²) in [6.45, 7) is 1.96. The molecule has 0 aliphatic carbocycles. The third kappa shape index (κ3) is 3.80. The van der Waals surface area contributed by atoms with Crippen molar-refractivity contribution < 1.29 is 9.90 Å². The van der Waals surface area contributed by atoms with Crippen LogP contribution in [0.1, 0.15) is 15.9 Å². The summed E-state index contributed by atoms with van der Waals surface area (Å²) in [5.74, 6) is -0.0913. The summed E-state index contributed by atoms with van der Waals surface area (Å²) in [6, 6.07) is 13.6. The smallest absolute Gasteiger partial charge is 0.257 e. The van der Waals surface area contributed by atoms with Crippen LogP contribution in [0.25, 0.3) is 0 Å². The van der Waals surface area contributed by atoms with Gasteiger partial charge in [0.05, 0.1) is 0 Å². The predicted octanol–water partition coefficient (Wildman–Crippen LogP) is 2.83. The van der Waals surface area contributed by atoms with Gasteiger partial charge in [-0.15, -0.1) is 0 Å². The molecule has 0 aliphatic rings. The summed E-state index contributed by atoms with van der Waals surface area (Å²) in [7, 11) is 0. The molecule has 1 amide bonds. The highest BCUT2D eigenvalue weighted by molar-refractivity contribution is 7.80. The van der Waals surface area contributed by atoms with Gasteiger partial charge in [0.1, 0.15) is 5.75 Å². The van der Waals surface area contributed by atoms with Crippen molar-refractivity contribution in [3.8, 4) is 5.75 Å². The molecule has 0 bridgehead atoms. The summed E-state index contributed by atoms with van der Waals surface area (Å²) >= 11 is 5.07. The zero-order chi connectivity index (χ0) is 14.5. The van der Waals surface area contributed by atoms with Crippen molar-refractivity contribution in [3.63, 3.8) is 0 Å². The van der Waals surface area contributed by atoms with Gasteiger partial charge in [-0.05, 0) is 55.5 Å². The Balaban J connectivity index is 1.95. The number of benzene rings is 2. The number of anilines is 1. The summed E-state index contributed by atoms with van der Waals surface area (Å²) in [5.41, 5.74) is 2.33. The molecule has 0 unspecified atom stereocenters. The predicted molar refractivity (Wildman–Crippen MR) is 83.0 cm³/mol. The van der Waals surface area contributed by atoms with Gasteiger partial charge in [-0.2, -0.15) is 0 Å². The maximum Gasteiger partial charge on any atom is 0.257 e. The van der Waals surface area contributed by atoms with Gasteiger partial charge >= 0.3 is 0 Å². The topological polar surface area (TPSA) is 61.4 Å². The van der Waals surface area contributed by atoms with Gasteiger partial charge in [-0.3, -0.25) is 10.1 Å². The normalized spacial score (nSPS) is 9.85. The molecule has 0 saturated heterocycles. The number of aryl methyl sites for hydroxylation is 1. The Kier molecular flexibility index (Phi) is 4.32. The number of amides is 1. The van der Waals surface area contributed by atoms with E-state index in [1.807, 2.05) is 19.1 Å². The summed E-state index contributed by atoms with van der Waals surface area (Å²) in [4.78, 5) is 11.9. The van der Waals surface area contributed by atoms with E-state index in [4.69, 9.17) is 12.2 Å². The Labute approximate surface area is 122 Å². The summed E-state index contributed by atoms with van der Waals surface area (Å²) in [6.07, 6.45) is 0. The first kappa shape index (κ1) is 14.0. The largest absolute Gasteiger partial charge is 0.508 e. The van der Waals surface area contributed by atoms with Crippen LogP contribution in [0.4, 0.5) is 5.69 Å². The van der Waals surface area contributed by atoms with E-state index in [-0.39, 0.29) is 16.8 Å². The quantitative estimate of drug-likeness (QED) is 0.587. The van der Waals surface area contributed by atoms with Crippen LogP contribution in [-0.4, -0.2) is 16.1 Å². The minimum atomic E-state index is -0.263. The Morgan fingerprint density at radius 2 is 1.65 bits per heavy atom. The standard InChI is InChI=1S/C15H14N2O2S/c1-10-2-4-11(5-3-10)14(19)17-15(20)16-12-6-8-13(18)9-7-12/h2-9,18H,1H3,(H2,16,17,19,20). The third-order valence-corrected chi connectivity index (χ3v) is 2.87. The molecular weight excluding hydrogens is 272 g/mol. The van der Waals surface area contributed by atoms with Gasteiger partial charge in [-0.1, -0.05) is 17.7 Å². The summed E-state index contributed by atoms with van der Waals surface area (Å²) in [5, 5.41) is 14.9. The van der Waals surface area contributed by atoms with E-state index in [2.05, 4.69) is 10.6 Å². The maximum absolute atomic E-state index is 11.9. The van der Waals surface area contributed by atoms with E-state index in [1.165, 1.54) is 12.1 Å². The van der Waals surface area contributed by atoms with Crippen molar-refractivity contribution in [2.75, 3.05) is 5.32 Å².